The molecular weight excluding hydrogens is 202 g/mol. The predicted octanol–water partition coefficient (Wildman–Crippen LogP) is 2.24. The van der Waals surface area contributed by atoms with E-state index in [4.69, 9.17) is 10.3 Å². The molecule has 1 aromatic heterocycles. The van der Waals surface area contributed by atoms with Crippen molar-refractivity contribution in [2.75, 3.05) is 0 Å². The molecule has 16 heavy (non-hydrogen) atoms. The lowest BCUT2D eigenvalue weighted by Gasteiger charge is -2.39. The summed E-state index contributed by atoms with van der Waals surface area (Å²) in [5.41, 5.74) is 6.10. The molecule has 4 heteroatoms. The summed E-state index contributed by atoms with van der Waals surface area (Å²) in [5.74, 6) is 2.45. The van der Waals surface area contributed by atoms with E-state index >= 15 is 0 Å². The van der Waals surface area contributed by atoms with Crippen molar-refractivity contribution in [2.45, 2.75) is 52.0 Å². The van der Waals surface area contributed by atoms with Crippen molar-refractivity contribution in [3.63, 3.8) is 0 Å². The SMILES string of the molecule is CCc1nc(C2(N)CC(C)CCC2C)no1. The zero-order valence-electron chi connectivity index (χ0n) is 10.4. The topological polar surface area (TPSA) is 64.9 Å². The first-order chi connectivity index (χ1) is 7.56. The highest BCUT2D eigenvalue weighted by Crippen LogP contribution is 2.40. The van der Waals surface area contributed by atoms with Gasteiger partial charge in [-0.05, 0) is 24.7 Å². The molecule has 1 heterocycles. The summed E-state index contributed by atoms with van der Waals surface area (Å²) < 4.78 is 5.17. The van der Waals surface area contributed by atoms with Crippen molar-refractivity contribution >= 4 is 0 Å². The Kier molecular flexibility index (Phi) is 3.02. The molecule has 1 aromatic rings. The maximum Gasteiger partial charge on any atom is 0.226 e. The van der Waals surface area contributed by atoms with Crippen LogP contribution in [0.1, 0.15) is 51.7 Å². The second-order valence-corrected chi connectivity index (χ2v) is 5.19. The smallest absolute Gasteiger partial charge is 0.226 e. The second-order valence-electron chi connectivity index (χ2n) is 5.19. The molecule has 1 aliphatic carbocycles. The maximum atomic E-state index is 6.50. The lowest BCUT2D eigenvalue weighted by Crippen LogP contribution is -2.48. The van der Waals surface area contributed by atoms with E-state index in [2.05, 4.69) is 24.0 Å². The first-order valence-corrected chi connectivity index (χ1v) is 6.18. The highest BCUT2D eigenvalue weighted by atomic mass is 16.5. The predicted molar refractivity (Wildman–Crippen MR) is 61.7 cm³/mol. The highest BCUT2D eigenvalue weighted by Gasteiger charge is 2.42. The molecule has 2 rings (SSSR count). The number of rotatable bonds is 2. The minimum atomic E-state index is -0.394. The van der Waals surface area contributed by atoms with E-state index in [1.165, 1.54) is 6.42 Å². The van der Waals surface area contributed by atoms with Crippen LogP contribution in [0.4, 0.5) is 0 Å². The van der Waals surface area contributed by atoms with Gasteiger partial charge in [0.25, 0.3) is 0 Å². The first-order valence-electron chi connectivity index (χ1n) is 6.18. The summed E-state index contributed by atoms with van der Waals surface area (Å²) in [6.07, 6.45) is 4.12. The number of aryl methyl sites for hydroxylation is 1. The quantitative estimate of drug-likeness (QED) is 0.835. The van der Waals surface area contributed by atoms with E-state index in [9.17, 15) is 0 Å². The Bertz CT molecular complexity index is 363. The molecule has 1 fully saturated rings. The first kappa shape index (κ1) is 11.6. The van der Waals surface area contributed by atoms with Crippen LogP contribution in [-0.2, 0) is 12.0 Å². The van der Waals surface area contributed by atoms with Crippen LogP contribution in [-0.4, -0.2) is 10.1 Å². The van der Waals surface area contributed by atoms with E-state index in [1.54, 1.807) is 0 Å². The summed E-state index contributed by atoms with van der Waals surface area (Å²) in [7, 11) is 0. The monoisotopic (exact) mass is 223 g/mol. The third kappa shape index (κ3) is 1.86. The van der Waals surface area contributed by atoms with E-state index in [1.807, 2.05) is 6.92 Å². The van der Waals surface area contributed by atoms with Crippen LogP contribution < -0.4 is 5.73 Å². The lowest BCUT2D eigenvalue weighted by atomic mass is 9.70. The normalized spacial score (nSPS) is 35.2. The molecule has 2 N–H and O–H groups in total. The molecule has 0 aromatic carbocycles. The molecule has 3 atom stereocenters. The Morgan fingerprint density at radius 3 is 2.81 bits per heavy atom. The third-order valence-corrected chi connectivity index (χ3v) is 3.84. The van der Waals surface area contributed by atoms with Gasteiger partial charge in [0, 0.05) is 6.42 Å². The molecule has 90 valence electrons. The van der Waals surface area contributed by atoms with Gasteiger partial charge in [0.15, 0.2) is 5.82 Å². The van der Waals surface area contributed by atoms with Crippen molar-refractivity contribution in [3.05, 3.63) is 11.7 Å². The standard InChI is InChI=1S/C12H21N3O/c1-4-10-14-11(15-16-10)12(13)7-8(2)5-6-9(12)3/h8-9H,4-7,13H2,1-3H3. The fourth-order valence-electron chi connectivity index (χ4n) is 2.57. The van der Waals surface area contributed by atoms with Crippen LogP contribution in [0, 0.1) is 11.8 Å². The van der Waals surface area contributed by atoms with Crippen LogP contribution in [0.2, 0.25) is 0 Å². The van der Waals surface area contributed by atoms with Crippen molar-refractivity contribution in [3.8, 4) is 0 Å². The molecule has 0 radical (unpaired) electrons. The molecular formula is C12H21N3O. The fraction of sp³-hybridized carbons (Fsp3) is 0.833. The molecule has 1 saturated carbocycles. The second kappa shape index (κ2) is 4.17. The Balaban J connectivity index is 2.28. The molecule has 0 saturated heterocycles. The Morgan fingerprint density at radius 1 is 1.44 bits per heavy atom. The van der Waals surface area contributed by atoms with Gasteiger partial charge in [-0.25, -0.2) is 0 Å². The summed E-state index contributed by atoms with van der Waals surface area (Å²) in [6, 6.07) is 0. The van der Waals surface area contributed by atoms with Crippen LogP contribution in [0.5, 0.6) is 0 Å². The molecule has 0 amide bonds. The summed E-state index contributed by atoms with van der Waals surface area (Å²) in [6.45, 7) is 6.44. The van der Waals surface area contributed by atoms with Crippen LogP contribution in [0.25, 0.3) is 0 Å². The largest absolute Gasteiger partial charge is 0.339 e. The fourth-order valence-corrected chi connectivity index (χ4v) is 2.57. The Hall–Kier alpha value is -0.900. The Labute approximate surface area is 96.6 Å². The molecule has 3 unspecified atom stereocenters. The summed E-state index contributed by atoms with van der Waals surface area (Å²) in [5, 5.41) is 4.06. The van der Waals surface area contributed by atoms with Crippen molar-refractivity contribution in [1.82, 2.24) is 10.1 Å². The summed E-state index contributed by atoms with van der Waals surface area (Å²) in [4.78, 5) is 4.41. The van der Waals surface area contributed by atoms with Gasteiger partial charge >= 0.3 is 0 Å². The third-order valence-electron chi connectivity index (χ3n) is 3.84. The van der Waals surface area contributed by atoms with Gasteiger partial charge in [-0.2, -0.15) is 4.98 Å². The van der Waals surface area contributed by atoms with Gasteiger partial charge in [-0.3, -0.25) is 0 Å². The lowest BCUT2D eigenvalue weighted by molar-refractivity contribution is 0.149. The van der Waals surface area contributed by atoms with Gasteiger partial charge < -0.3 is 10.3 Å². The zero-order valence-corrected chi connectivity index (χ0v) is 10.4. The van der Waals surface area contributed by atoms with Gasteiger partial charge in [0.2, 0.25) is 5.89 Å². The number of hydrogen-bond acceptors (Lipinski definition) is 4. The van der Waals surface area contributed by atoms with Gasteiger partial charge in [0.1, 0.15) is 0 Å². The number of hydrogen-bond donors (Lipinski definition) is 1. The van der Waals surface area contributed by atoms with Gasteiger partial charge in [-0.15, -0.1) is 0 Å². The van der Waals surface area contributed by atoms with E-state index in [-0.39, 0.29) is 0 Å². The minimum absolute atomic E-state index is 0.394. The van der Waals surface area contributed by atoms with Crippen molar-refractivity contribution < 1.29 is 4.52 Å². The number of nitrogens with two attached hydrogens (primary N) is 1. The van der Waals surface area contributed by atoms with E-state index < -0.39 is 5.54 Å². The van der Waals surface area contributed by atoms with Gasteiger partial charge in [0.05, 0.1) is 5.54 Å². The van der Waals surface area contributed by atoms with Gasteiger partial charge in [-0.1, -0.05) is 32.3 Å². The zero-order chi connectivity index (χ0) is 11.8. The average molecular weight is 223 g/mol. The number of aromatic nitrogens is 2. The van der Waals surface area contributed by atoms with Crippen LogP contribution >= 0.6 is 0 Å². The number of nitrogens with zero attached hydrogens (tertiary/aromatic N) is 2. The maximum absolute atomic E-state index is 6.50. The molecule has 0 spiro atoms. The average Bonchev–Trinajstić information content (AvgIpc) is 2.73. The van der Waals surface area contributed by atoms with E-state index in [0.717, 1.165) is 19.3 Å². The summed E-state index contributed by atoms with van der Waals surface area (Å²) >= 11 is 0. The van der Waals surface area contributed by atoms with Crippen LogP contribution in [0.3, 0.4) is 0 Å². The Morgan fingerprint density at radius 2 is 2.19 bits per heavy atom. The van der Waals surface area contributed by atoms with Crippen LogP contribution in [0.15, 0.2) is 4.52 Å². The van der Waals surface area contributed by atoms with Crippen molar-refractivity contribution in [1.29, 1.82) is 0 Å². The molecule has 0 aliphatic heterocycles. The van der Waals surface area contributed by atoms with E-state index in [0.29, 0.717) is 23.6 Å². The molecule has 1 aliphatic rings. The molecule has 4 nitrogen and oxygen atoms in total. The minimum Gasteiger partial charge on any atom is -0.339 e. The molecule has 0 bridgehead atoms. The highest BCUT2D eigenvalue weighted by molar-refractivity contribution is 5.08. The van der Waals surface area contributed by atoms with Crippen molar-refractivity contribution in [2.24, 2.45) is 17.6 Å².